The van der Waals surface area contributed by atoms with Crippen LogP contribution in [0.4, 0.5) is 5.69 Å². The normalized spacial score (nSPS) is 10.9. The summed E-state index contributed by atoms with van der Waals surface area (Å²) in [5.41, 5.74) is 2.04. The van der Waals surface area contributed by atoms with E-state index in [-0.39, 0.29) is 0 Å². The average Bonchev–Trinajstić information content (AvgIpc) is 2.93. The van der Waals surface area contributed by atoms with Crippen molar-refractivity contribution >= 4 is 17.3 Å². The molecule has 0 saturated carbocycles. The predicted octanol–water partition coefficient (Wildman–Crippen LogP) is 4.52. The second-order valence-corrected chi connectivity index (χ2v) is 5.70. The SMILES string of the molecule is CCCOc1ccc(Cl)cc1NCc1cnn(C(C)C)c1. The predicted molar refractivity (Wildman–Crippen MR) is 87.2 cm³/mol. The fourth-order valence-corrected chi connectivity index (χ4v) is 2.10. The third-order valence-corrected chi connectivity index (χ3v) is 3.31. The van der Waals surface area contributed by atoms with Crippen LogP contribution in [0.25, 0.3) is 0 Å². The van der Waals surface area contributed by atoms with E-state index in [4.69, 9.17) is 16.3 Å². The number of hydrogen-bond acceptors (Lipinski definition) is 3. The monoisotopic (exact) mass is 307 g/mol. The maximum Gasteiger partial charge on any atom is 0.142 e. The summed E-state index contributed by atoms with van der Waals surface area (Å²) in [5, 5.41) is 8.40. The van der Waals surface area contributed by atoms with Crippen LogP contribution in [0.15, 0.2) is 30.6 Å². The Morgan fingerprint density at radius 2 is 2.19 bits per heavy atom. The lowest BCUT2D eigenvalue weighted by Gasteiger charge is -2.13. The Bertz CT molecular complexity index is 581. The first-order valence-electron chi connectivity index (χ1n) is 7.29. The Morgan fingerprint density at radius 3 is 2.86 bits per heavy atom. The third-order valence-electron chi connectivity index (χ3n) is 3.07. The second-order valence-electron chi connectivity index (χ2n) is 5.26. The van der Waals surface area contributed by atoms with E-state index >= 15 is 0 Å². The number of hydrogen-bond donors (Lipinski definition) is 1. The van der Waals surface area contributed by atoms with Crippen LogP contribution in [0.2, 0.25) is 5.02 Å². The van der Waals surface area contributed by atoms with Gasteiger partial charge in [-0.15, -0.1) is 0 Å². The lowest BCUT2D eigenvalue weighted by atomic mass is 10.2. The Balaban J connectivity index is 2.05. The van der Waals surface area contributed by atoms with Crippen LogP contribution < -0.4 is 10.1 Å². The van der Waals surface area contributed by atoms with Crippen molar-refractivity contribution in [1.82, 2.24) is 9.78 Å². The highest BCUT2D eigenvalue weighted by molar-refractivity contribution is 6.30. The van der Waals surface area contributed by atoms with E-state index in [1.54, 1.807) is 0 Å². The molecule has 0 aliphatic heterocycles. The molecule has 2 aromatic rings. The summed E-state index contributed by atoms with van der Waals surface area (Å²) in [4.78, 5) is 0. The molecule has 1 aromatic heterocycles. The van der Waals surface area contributed by atoms with E-state index in [1.165, 1.54) is 0 Å². The second kappa shape index (κ2) is 7.36. The molecule has 4 nitrogen and oxygen atoms in total. The summed E-state index contributed by atoms with van der Waals surface area (Å²) in [6, 6.07) is 6.00. The molecule has 0 bridgehead atoms. The minimum absolute atomic E-state index is 0.369. The Kier molecular flexibility index (Phi) is 5.51. The maximum absolute atomic E-state index is 6.07. The molecule has 0 fully saturated rings. The van der Waals surface area contributed by atoms with Crippen molar-refractivity contribution in [2.24, 2.45) is 0 Å². The molecule has 0 spiro atoms. The fourth-order valence-electron chi connectivity index (χ4n) is 1.93. The van der Waals surface area contributed by atoms with Gasteiger partial charge >= 0.3 is 0 Å². The fraction of sp³-hybridized carbons (Fsp3) is 0.438. The largest absolute Gasteiger partial charge is 0.491 e. The van der Waals surface area contributed by atoms with E-state index in [9.17, 15) is 0 Å². The number of rotatable bonds is 7. The molecule has 1 aromatic carbocycles. The third kappa shape index (κ3) is 4.39. The van der Waals surface area contributed by atoms with E-state index in [2.05, 4.69) is 37.4 Å². The van der Waals surface area contributed by atoms with Crippen molar-refractivity contribution in [2.45, 2.75) is 39.8 Å². The first-order chi connectivity index (χ1) is 10.1. The zero-order valence-corrected chi connectivity index (χ0v) is 13.5. The van der Waals surface area contributed by atoms with Gasteiger partial charge in [-0.05, 0) is 38.5 Å². The van der Waals surface area contributed by atoms with E-state index in [0.29, 0.717) is 24.2 Å². The molecule has 0 saturated heterocycles. The smallest absolute Gasteiger partial charge is 0.142 e. The summed E-state index contributed by atoms with van der Waals surface area (Å²) >= 11 is 6.07. The van der Waals surface area contributed by atoms with Gasteiger partial charge in [0.25, 0.3) is 0 Å². The number of nitrogens with one attached hydrogen (secondary N) is 1. The standard InChI is InChI=1S/C16H22ClN3O/c1-4-7-21-16-6-5-14(17)8-15(16)18-9-13-10-19-20(11-13)12(2)3/h5-6,8,10-12,18H,4,7,9H2,1-3H3. The van der Waals surface area contributed by atoms with Crippen molar-refractivity contribution in [3.8, 4) is 5.75 Å². The summed E-state index contributed by atoms with van der Waals surface area (Å²) < 4.78 is 7.68. The molecule has 0 atom stereocenters. The van der Waals surface area contributed by atoms with Gasteiger partial charge in [0.15, 0.2) is 0 Å². The van der Waals surface area contributed by atoms with Gasteiger partial charge in [-0.1, -0.05) is 18.5 Å². The molecular formula is C16H22ClN3O. The van der Waals surface area contributed by atoms with Gasteiger partial charge in [0.05, 0.1) is 18.5 Å². The number of benzene rings is 1. The highest BCUT2D eigenvalue weighted by atomic mass is 35.5. The van der Waals surface area contributed by atoms with Crippen LogP contribution >= 0.6 is 11.6 Å². The maximum atomic E-state index is 6.07. The number of aromatic nitrogens is 2. The zero-order valence-electron chi connectivity index (χ0n) is 12.8. The number of anilines is 1. The highest BCUT2D eigenvalue weighted by Gasteiger charge is 2.06. The lowest BCUT2D eigenvalue weighted by Crippen LogP contribution is -2.03. The van der Waals surface area contributed by atoms with Crippen LogP contribution in [-0.2, 0) is 6.54 Å². The van der Waals surface area contributed by atoms with Crippen molar-refractivity contribution in [3.63, 3.8) is 0 Å². The Hall–Kier alpha value is -1.68. The van der Waals surface area contributed by atoms with Crippen molar-refractivity contribution < 1.29 is 4.74 Å². The van der Waals surface area contributed by atoms with Gasteiger partial charge < -0.3 is 10.1 Å². The molecule has 21 heavy (non-hydrogen) atoms. The van der Waals surface area contributed by atoms with Gasteiger partial charge in [-0.3, -0.25) is 4.68 Å². The minimum atomic E-state index is 0.369. The van der Waals surface area contributed by atoms with Crippen molar-refractivity contribution in [3.05, 3.63) is 41.2 Å². The zero-order chi connectivity index (χ0) is 15.2. The number of ether oxygens (including phenoxy) is 1. The molecule has 0 aliphatic carbocycles. The molecule has 2 rings (SSSR count). The lowest BCUT2D eigenvalue weighted by molar-refractivity contribution is 0.319. The molecule has 5 heteroatoms. The molecule has 1 N–H and O–H groups in total. The van der Waals surface area contributed by atoms with Crippen LogP contribution in [0.3, 0.4) is 0 Å². The summed E-state index contributed by atoms with van der Waals surface area (Å²) in [5.74, 6) is 0.831. The summed E-state index contributed by atoms with van der Waals surface area (Å²) in [6.45, 7) is 7.69. The molecule has 0 aliphatic rings. The van der Waals surface area contributed by atoms with Crippen LogP contribution in [0.5, 0.6) is 5.75 Å². The highest BCUT2D eigenvalue weighted by Crippen LogP contribution is 2.28. The summed E-state index contributed by atoms with van der Waals surface area (Å²) in [6.07, 6.45) is 4.90. The average molecular weight is 308 g/mol. The van der Waals surface area contributed by atoms with Gasteiger partial charge in [-0.2, -0.15) is 5.10 Å². The number of halogens is 1. The molecule has 0 amide bonds. The van der Waals surface area contributed by atoms with Gasteiger partial charge in [0.1, 0.15) is 5.75 Å². The van der Waals surface area contributed by atoms with Crippen molar-refractivity contribution in [1.29, 1.82) is 0 Å². The Labute approximate surface area is 131 Å². The molecular weight excluding hydrogens is 286 g/mol. The minimum Gasteiger partial charge on any atom is -0.491 e. The van der Waals surface area contributed by atoms with Gasteiger partial charge in [0.2, 0.25) is 0 Å². The molecule has 1 heterocycles. The summed E-state index contributed by atoms with van der Waals surface area (Å²) in [7, 11) is 0. The van der Waals surface area contributed by atoms with E-state index in [1.807, 2.05) is 29.1 Å². The molecule has 0 unspecified atom stereocenters. The van der Waals surface area contributed by atoms with Crippen LogP contribution in [-0.4, -0.2) is 16.4 Å². The van der Waals surface area contributed by atoms with Crippen LogP contribution in [0.1, 0.15) is 38.8 Å². The first-order valence-corrected chi connectivity index (χ1v) is 7.67. The van der Waals surface area contributed by atoms with Crippen LogP contribution in [0, 0.1) is 0 Å². The quantitative estimate of drug-likeness (QED) is 0.817. The van der Waals surface area contributed by atoms with E-state index in [0.717, 1.165) is 23.4 Å². The number of nitrogens with zero attached hydrogens (tertiary/aromatic N) is 2. The molecule has 114 valence electrons. The molecule has 0 radical (unpaired) electrons. The Morgan fingerprint density at radius 1 is 1.38 bits per heavy atom. The van der Waals surface area contributed by atoms with E-state index < -0.39 is 0 Å². The topological polar surface area (TPSA) is 39.1 Å². The van der Waals surface area contributed by atoms with Gasteiger partial charge in [-0.25, -0.2) is 0 Å². The van der Waals surface area contributed by atoms with Gasteiger partial charge in [0, 0.05) is 29.4 Å². The van der Waals surface area contributed by atoms with Crippen molar-refractivity contribution in [2.75, 3.05) is 11.9 Å². The first kappa shape index (κ1) is 15.7.